The van der Waals surface area contributed by atoms with Crippen LogP contribution in [0, 0.1) is 5.92 Å². The second kappa shape index (κ2) is 11.6. The minimum Gasteiger partial charge on any atom is -0.493 e. The Labute approximate surface area is 217 Å². The molecule has 1 aromatic rings. The molecule has 3 aliphatic rings. The van der Waals surface area contributed by atoms with E-state index in [1.807, 2.05) is 13.8 Å². The van der Waals surface area contributed by atoms with Crippen molar-refractivity contribution in [3.63, 3.8) is 0 Å². The topological polar surface area (TPSA) is 125 Å². The van der Waals surface area contributed by atoms with Crippen LogP contribution in [0.4, 0.5) is 0 Å². The van der Waals surface area contributed by atoms with Gasteiger partial charge in [0.1, 0.15) is 18.5 Å². The zero-order chi connectivity index (χ0) is 26.7. The summed E-state index contributed by atoms with van der Waals surface area (Å²) in [6, 6.07) is 2.42. The number of aldehydes is 1. The van der Waals surface area contributed by atoms with Crippen molar-refractivity contribution in [2.75, 3.05) is 20.3 Å². The fourth-order valence-electron chi connectivity index (χ4n) is 5.96. The molecular weight excluding hydrogens is 476 g/mol. The smallest absolute Gasteiger partial charge is 0.247 e. The van der Waals surface area contributed by atoms with Crippen molar-refractivity contribution < 1.29 is 34.1 Å². The number of rotatable bonds is 9. The minimum absolute atomic E-state index is 0.0332. The number of benzene rings is 1. The molecule has 4 rings (SSSR count). The van der Waals surface area contributed by atoms with Gasteiger partial charge in [-0.25, -0.2) is 0 Å². The Morgan fingerprint density at radius 1 is 1.24 bits per heavy atom. The van der Waals surface area contributed by atoms with Crippen LogP contribution >= 0.6 is 0 Å². The first kappa shape index (κ1) is 27.1. The lowest BCUT2D eigenvalue weighted by Crippen LogP contribution is -2.58. The number of amides is 2. The zero-order valence-electron chi connectivity index (χ0n) is 21.8. The molecule has 0 radical (unpaired) electrons. The second-order valence-corrected chi connectivity index (χ2v) is 10.6. The zero-order valence-corrected chi connectivity index (χ0v) is 21.8. The fraction of sp³-hybridized carbons (Fsp3) is 0.607. The van der Waals surface area contributed by atoms with Crippen LogP contribution < -0.4 is 14.8 Å². The molecule has 4 atom stereocenters. The largest absolute Gasteiger partial charge is 0.493 e. The van der Waals surface area contributed by atoms with Crippen molar-refractivity contribution in [2.24, 2.45) is 5.92 Å². The molecule has 2 amide bonds. The molecular formula is C28H38N2O7. The molecule has 1 aromatic carbocycles. The SMILES string of the molecule is COc1cc(C=O)cc2c1OC1C2C(C(=O)NCCO)=CC(N(C(=O)CC(C)C)C2CCCCC2)C1O. The highest BCUT2D eigenvalue weighted by atomic mass is 16.5. The molecule has 0 bridgehead atoms. The van der Waals surface area contributed by atoms with Gasteiger partial charge in [-0.05, 0) is 37.0 Å². The number of aliphatic hydroxyl groups is 2. The van der Waals surface area contributed by atoms with E-state index in [0.29, 0.717) is 40.9 Å². The maximum absolute atomic E-state index is 13.6. The lowest BCUT2D eigenvalue weighted by Gasteiger charge is -2.45. The van der Waals surface area contributed by atoms with Gasteiger partial charge in [-0.1, -0.05) is 33.1 Å². The van der Waals surface area contributed by atoms with Crippen LogP contribution in [0.2, 0.25) is 0 Å². The summed E-state index contributed by atoms with van der Waals surface area (Å²) in [5.74, 6) is -0.266. The van der Waals surface area contributed by atoms with Gasteiger partial charge in [-0.15, -0.1) is 0 Å². The normalized spacial score (nSPS) is 25.0. The number of nitrogens with zero attached hydrogens (tertiary/aromatic N) is 1. The number of methoxy groups -OCH3 is 1. The molecule has 1 heterocycles. The summed E-state index contributed by atoms with van der Waals surface area (Å²) >= 11 is 0. The standard InChI is InChI=1S/C28H38N2O7/c1-16(2)11-23(33)30(18-7-5-4-6-8-18)21-14-20(28(35)29-9-10-31)24-19-12-17(15-32)13-22(36-3)26(19)37-27(24)25(21)34/h12-16,18,21,24-25,27,31,34H,4-11H2,1-3H3,(H,29,35). The monoisotopic (exact) mass is 514 g/mol. The molecule has 1 saturated carbocycles. The molecule has 0 spiro atoms. The third-order valence-electron chi connectivity index (χ3n) is 7.57. The van der Waals surface area contributed by atoms with E-state index in [-0.39, 0.29) is 31.0 Å². The third-order valence-corrected chi connectivity index (χ3v) is 7.57. The first-order valence-electron chi connectivity index (χ1n) is 13.2. The molecule has 2 aliphatic carbocycles. The average Bonchev–Trinajstić information content (AvgIpc) is 3.28. The number of hydrogen-bond acceptors (Lipinski definition) is 7. The van der Waals surface area contributed by atoms with Crippen LogP contribution in [0.3, 0.4) is 0 Å². The van der Waals surface area contributed by atoms with Gasteiger partial charge in [0.15, 0.2) is 11.5 Å². The lowest BCUT2D eigenvalue weighted by molar-refractivity contribution is -0.142. The number of aliphatic hydroxyl groups excluding tert-OH is 2. The summed E-state index contributed by atoms with van der Waals surface area (Å²) in [5.41, 5.74) is 1.28. The Balaban J connectivity index is 1.82. The van der Waals surface area contributed by atoms with E-state index in [1.54, 1.807) is 23.1 Å². The number of carbonyl (C=O) groups excluding carboxylic acids is 3. The van der Waals surface area contributed by atoms with Crippen molar-refractivity contribution in [1.82, 2.24) is 10.2 Å². The van der Waals surface area contributed by atoms with E-state index in [9.17, 15) is 24.6 Å². The van der Waals surface area contributed by atoms with Crippen LogP contribution in [0.1, 0.15) is 74.2 Å². The maximum Gasteiger partial charge on any atom is 0.247 e. The van der Waals surface area contributed by atoms with Gasteiger partial charge < -0.3 is 29.9 Å². The molecule has 0 saturated heterocycles. The van der Waals surface area contributed by atoms with Crippen molar-refractivity contribution in [1.29, 1.82) is 0 Å². The minimum atomic E-state index is -1.10. The van der Waals surface area contributed by atoms with Crippen LogP contribution in [0.25, 0.3) is 0 Å². The van der Waals surface area contributed by atoms with Crippen molar-refractivity contribution in [3.8, 4) is 11.5 Å². The average molecular weight is 515 g/mol. The van der Waals surface area contributed by atoms with Crippen LogP contribution in [-0.4, -0.2) is 77.8 Å². The van der Waals surface area contributed by atoms with Crippen molar-refractivity contribution in [3.05, 3.63) is 34.9 Å². The van der Waals surface area contributed by atoms with Gasteiger partial charge in [0.2, 0.25) is 11.8 Å². The van der Waals surface area contributed by atoms with Crippen molar-refractivity contribution in [2.45, 2.75) is 82.6 Å². The number of carbonyl (C=O) groups is 3. The second-order valence-electron chi connectivity index (χ2n) is 10.6. The van der Waals surface area contributed by atoms with Crippen LogP contribution in [0.15, 0.2) is 23.8 Å². The van der Waals surface area contributed by atoms with Gasteiger partial charge in [0.25, 0.3) is 0 Å². The molecule has 9 heteroatoms. The van der Waals surface area contributed by atoms with Gasteiger partial charge >= 0.3 is 0 Å². The Bertz CT molecular complexity index is 1050. The molecule has 202 valence electrons. The highest BCUT2D eigenvalue weighted by Gasteiger charge is 2.52. The number of ether oxygens (including phenoxy) is 2. The predicted octanol–water partition coefficient (Wildman–Crippen LogP) is 2.34. The summed E-state index contributed by atoms with van der Waals surface area (Å²) in [6.07, 6.45) is 5.60. The number of nitrogens with one attached hydrogen (secondary N) is 1. The number of fused-ring (bicyclic) bond motifs is 3. The third kappa shape index (κ3) is 5.38. The summed E-state index contributed by atoms with van der Waals surface area (Å²) in [7, 11) is 1.47. The van der Waals surface area contributed by atoms with E-state index in [0.717, 1.165) is 32.1 Å². The molecule has 0 aromatic heterocycles. The van der Waals surface area contributed by atoms with Crippen LogP contribution in [-0.2, 0) is 9.59 Å². The quantitative estimate of drug-likeness (QED) is 0.432. The van der Waals surface area contributed by atoms with E-state index in [2.05, 4.69) is 5.32 Å². The van der Waals surface area contributed by atoms with E-state index >= 15 is 0 Å². The molecule has 3 N–H and O–H groups in total. The lowest BCUT2D eigenvalue weighted by atomic mass is 9.76. The Kier molecular flexibility index (Phi) is 8.54. The molecule has 1 fully saturated rings. The number of hydrogen-bond donors (Lipinski definition) is 3. The summed E-state index contributed by atoms with van der Waals surface area (Å²) in [4.78, 5) is 40.4. The molecule has 9 nitrogen and oxygen atoms in total. The highest BCUT2D eigenvalue weighted by Crippen LogP contribution is 2.51. The van der Waals surface area contributed by atoms with E-state index in [4.69, 9.17) is 9.47 Å². The molecule has 37 heavy (non-hydrogen) atoms. The maximum atomic E-state index is 13.6. The molecule has 4 unspecified atom stereocenters. The summed E-state index contributed by atoms with van der Waals surface area (Å²) < 4.78 is 11.7. The van der Waals surface area contributed by atoms with E-state index < -0.39 is 30.1 Å². The highest BCUT2D eigenvalue weighted by molar-refractivity contribution is 5.96. The van der Waals surface area contributed by atoms with Crippen LogP contribution in [0.5, 0.6) is 11.5 Å². The Morgan fingerprint density at radius 2 is 1.97 bits per heavy atom. The summed E-state index contributed by atoms with van der Waals surface area (Å²) in [6.45, 7) is 3.81. The van der Waals surface area contributed by atoms with Gasteiger partial charge in [-0.2, -0.15) is 0 Å². The first-order valence-corrected chi connectivity index (χ1v) is 13.2. The summed E-state index contributed by atoms with van der Waals surface area (Å²) in [5, 5.41) is 23.7. The van der Waals surface area contributed by atoms with Gasteiger partial charge in [0.05, 0.1) is 25.7 Å². The Hall–Kier alpha value is -2.91. The van der Waals surface area contributed by atoms with Gasteiger partial charge in [-0.3, -0.25) is 14.4 Å². The predicted molar refractivity (Wildman–Crippen MR) is 137 cm³/mol. The van der Waals surface area contributed by atoms with Gasteiger partial charge in [0, 0.05) is 35.7 Å². The van der Waals surface area contributed by atoms with Crippen molar-refractivity contribution >= 4 is 18.1 Å². The first-order chi connectivity index (χ1) is 17.8. The Morgan fingerprint density at radius 3 is 2.59 bits per heavy atom. The fourth-order valence-corrected chi connectivity index (χ4v) is 5.96. The van der Waals surface area contributed by atoms with E-state index in [1.165, 1.54) is 7.11 Å². The molecule has 1 aliphatic heterocycles.